The van der Waals surface area contributed by atoms with Crippen LogP contribution in [-0.4, -0.2) is 18.3 Å². The minimum Gasteiger partial charge on any atom is -0.496 e. The lowest BCUT2D eigenvalue weighted by molar-refractivity contribution is 0.411. The molecule has 0 saturated heterocycles. The molecule has 0 fully saturated rings. The van der Waals surface area contributed by atoms with Crippen molar-refractivity contribution in [3.05, 3.63) is 42.0 Å². The van der Waals surface area contributed by atoms with Crippen LogP contribution in [0.2, 0.25) is 0 Å². The van der Waals surface area contributed by atoms with Crippen LogP contribution in [0, 0.1) is 11.4 Å². The third-order valence-corrected chi connectivity index (χ3v) is 2.62. The number of pyridine rings is 1. The first-order valence-corrected chi connectivity index (χ1v) is 5.26. The van der Waals surface area contributed by atoms with Crippen LogP contribution in [0.1, 0.15) is 5.56 Å². The van der Waals surface area contributed by atoms with Crippen molar-refractivity contribution in [2.24, 2.45) is 0 Å². The van der Waals surface area contributed by atoms with E-state index in [4.69, 9.17) is 15.9 Å². The minimum absolute atomic E-state index is 0.267. The summed E-state index contributed by atoms with van der Waals surface area (Å²) in [6, 6.07) is 6.51. The monoisotopic (exact) mass is 245 g/mol. The number of ether oxygens (including phenoxy) is 1. The van der Waals surface area contributed by atoms with E-state index in [2.05, 4.69) is 4.98 Å². The van der Waals surface area contributed by atoms with E-state index in [9.17, 15) is 4.39 Å². The van der Waals surface area contributed by atoms with Crippen molar-refractivity contribution >= 4 is 11.9 Å². The fraction of sp³-hybridized carbons (Fsp3) is 0.0769. The zero-order valence-electron chi connectivity index (χ0n) is 9.77. The number of halogens is 1. The third kappa shape index (κ3) is 2.02. The van der Waals surface area contributed by atoms with Gasteiger partial charge in [0.05, 0.1) is 12.7 Å². The second-order valence-electron chi connectivity index (χ2n) is 3.67. The molecule has 1 heterocycles. The number of anilines is 1. The average molecular weight is 245 g/mol. The Labute approximate surface area is 104 Å². The lowest BCUT2D eigenvalue weighted by atomic mass is 10.0. The molecule has 4 nitrogen and oxygen atoms in total. The van der Waals surface area contributed by atoms with Crippen molar-refractivity contribution in [3.63, 3.8) is 0 Å². The summed E-state index contributed by atoms with van der Waals surface area (Å²) in [6.07, 6.45) is 2.46. The molecular weight excluding hydrogens is 233 g/mol. The van der Waals surface area contributed by atoms with Crippen LogP contribution in [0.4, 0.5) is 10.1 Å². The smallest absolute Gasteiger partial charge is 0.224 e. The lowest BCUT2D eigenvalue weighted by Crippen LogP contribution is -1.97. The molecule has 18 heavy (non-hydrogen) atoms. The molecule has 3 N–H and O–H groups in total. The molecule has 0 unspecified atom stereocenters. The second-order valence-corrected chi connectivity index (χ2v) is 3.67. The number of hydrogen-bond acceptors (Lipinski definition) is 4. The van der Waals surface area contributed by atoms with Crippen LogP contribution in [-0.2, 0) is 0 Å². The zero-order chi connectivity index (χ0) is 13.1. The van der Waals surface area contributed by atoms with E-state index in [1.807, 2.05) is 0 Å². The Morgan fingerprint density at radius 2 is 2.17 bits per heavy atom. The molecule has 1 aromatic carbocycles. The molecule has 0 aliphatic rings. The molecular formula is C13H12FN3O. The lowest BCUT2D eigenvalue weighted by Gasteiger charge is -2.10. The van der Waals surface area contributed by atoms with Gasteiger partial charge in [-0.05, 0) is 23.8 Å². The van der Waals surface area contributed by atoms with Gasteiger partial charge in [-0.3, -0.25) is 0 Å². The molecule has 0 aliphatic carbocycles. The largest absolute Gasteiger partial charge is 0.496 e. The minimum atomic E-state index is -0.616. The highest BCUT2D eigenvalue weighted by Crippen LogP contribution is 2.32. The van der Waals surface area contributed by atoms with E-state index in [1.165, 1.54) is 13.3 Å². The van der Waals surface area contributed by atoms with Gasteiger partial charge in [0.25, 0.3) is 0 Å². The van der Waals surface area contributed by atoms with Crippen LogP contribution >= 0.6 is 0 Å². The number of benzene rings is 1. The molecule has 0 radical (unpaired) electrons. The summed E-state index contributed by atoms with van der Waals surface area (Å²) in [4.78, 5) is 3.61. The van der Waals surface area contributed by atoms with Crippen LogP contribution in [0.3, 0.4) is 0 Å². The van der Waals surface area contributed by atoms with Gasteiger partial charge in [0.2, 0.25) is 5.95 Å². The Morgan fingerprint density at radius 1 is 1.39 bits per heavy atom. The highest BCUT2D eigenvalue weighted by molar-refractivity contribution is 5.88. The zero-order valence-corrected chi connectivity index (χ0v) is 9.77. The van der Waals surface area contributed by atoms with Crippen LogP contribution < -0.4 is 10.5 Å². The van der Waals surface area contributed by atoms with Crippen molar-refractivity contribution in [1.82, 2.24) is 4.98 Å². The Kier molecular flexibility index (Phi) is 3.23. The number of methoxy groups -OCH3 is 1. The van der Waals surface area contributed by atoms with Gasteiger partial charge in [0.15, 0.2) is 0 Å². The van der Waals surface area contributed by atoms with E-state index in [0.29, 0.717) is 22.6 Å². The second kappa shape index (κ2) is 4.83. The number of hydrogen-bond donors (Lipinski definition) is 2. The fourth-order valence-corrected chi connectivity index (χ4v) is 1.71. The molecule has 0 aliphatic heterocycles. The van der Waals surface area contributed by atoms with Crippen molar-refractivity contribution in [1.29, 1.82) is 5.41 Å². The molecule has 0 saturated carbocycles. The molecule has 1 aromatic heterocycles. The maximum atomic E-state index is 13.8. The highest BCUT2D eigenvalue weighted by Gasteiger charge is 2.13. The molecule has 92 valence electrons. The first-order valence-electron chi connectivity index (χ1n) is 5.26. The third-order valence-electron chi connectivity index (χ3n) is 2.62. The predicted molar refractivity (Wildman–Crippen MR) is 68.5 cm³/mol. The Morgan fingerprint density at radius 3 is 2.83 bits per heavy atom. The molecule has 0 spiro atoms. The van der Waals surface area contributed by atoms with Crippen LogP contribution in [0.5, 0.6) is 5.75 Å². The van der Waals surface area contributed by atoms with E-state index in [0.717, 1.165) is 6.21 Å². The first kappa shape index (κ1) is 12.0. The molecule has 2 rings (SSSR count). The molecule has 0 bridgehead atoms. The molecule has 2 aromatic rings. The number of rotatable bonds is 3. The Balaban J connectivity index is 2.65. The number of aromatic nitrogens is 1. The van der Waals surface area contributed by atoms with Gasteiger partial charge in [-0.15, -0.1) is 0 Å². The summed E-state index contributed by atoms with van der Waals surface area (Å²) in [7, 11) is 1.47. The normalized spacial score (nSPS) is 10.1. The van der Waals surface area contributed by atoms with Gasteiger partial charge in [-0.2, -0.15) is 4.39 Å². The van der Waals surface area contributed by atoms with Crippen LogP contribution in [0.15, 0.2) is 30.5 Å². The number of nitrogens with one attached hydrogen (secondary N) is 1. The van der Waals surface area contributed by atoms with Gasteiger partial charge >= 0.3 is 0 Å². The fourth-order valence-electron chi connectivity index (χ4n) is 1.71. The van der Waals surface area contributed by atoms with Gasteiger partial charge in [-0.1, -0.05) is 6.07 Å². The van der Waals surface area contributed by atoms with Crippen LogP contribution in [0.25, 0.3) is 11.1 Å². The van der Waals surface area contributed by atoms with E-state index in [-0.39, 0.29) is 5.56 Å². The van der Waals surface area contributed by atoms with Gasteiger partial charge in [0.1, 0.15) is 5.75 Å². The maximum Gasteiger partial charge on any atom is 0.224 e. The first-order chi connectivity index (χ1) is 8.67. The summed E-state index contributed by atoms with van der Waals surface area (Å²) in [6.45, 7) is 0. The predicted octanol–water partition coefficient (Wildman–Crippen LogP) is 2.48. The average Bonchev–Trinajstić information content (AvgIpc) is 2.39. The Hall–Kier alpha value is -2.43. The van der Waals surface area contributed by atoms with E-state index >= 15 is 0 Å². The standard InChI is InChI=1S/C13H12FN3O/c1-18-11-4-5-17-13(14)12(11)8-2-3-10(16)9(6-8)7-15/h2-7,15H,16H2,1H3. The summed E-state index contributed by atoms with van der Waals surface area (Å²) < 4.78 is 18.9. The topological polar surface area (TPSA) is 72.0 Å². The van der Waals surface area contributed by atoms with Gasteiger partial charge < -0.3 is 15.9 Å². The van der Waals surface area contributed by atoms with Crippen molar-refractivity contribution < 1.29 is 9.13 Å². The van der Waals surface area contributed by atoms with E-state index < -0.39 is 5.95 Å². The number of nitrogens with two attached hydrogens (primary N) is 1. The van der Waals surface area contributed by atoms with Gasteiger partial charge in [-0.25, -0.2) is 4.98 Å². The number of nitrogen functional groups attached to an aromatic ring is 1. The summed E-state index contributed by atoms with van der Waals surface area (Å²) in [5.41, 5.74) is 7.53. The summed E-state index contributed by atoms with van der Waals surface area (Å²) >= 11 is 0. The molecule has 0 amide bonds. The molecule has 5 heteroatoms. The highest BCUT2D eigenvalue weighted by atomic mass is 19.1. The summed E-state index contributed by atoms with van der Waals surface area (Å²) in [5.74, 6) is -0.224. The van der Waals surface area contributed by atoms with E-state index in [1.54, 1.807) is 24.3 Å². The quantitative estimate of drug-likeness (QED) is 0.495. The molecule has 0 atom stereocenters. The van der Waals surface area contributed by atoms with Crippen molar-refractivity contribution in [2.45, 2.75) is 0 Å². The van der Waals surface area contributed by atoms with Gasteiger partial charge in [0, 0.05) is 23.7 Å². The number of nitrogens with zero attached hydrogens (tertiary/aromatic N) is 1. The van der Waals surface area contributed by atoms with Crippen molar-refractivity contribution in [2.75, 3.05) is 12.8 Å². The summed E-state index contributed by atoms with van der Waals surface area (Å²) in [5, 5.41) is 7.25. The SMILES string of the molecule is COc1ccnc(F)c1-c1ccc(N)c(C=N)c1. The Bertz CT molecular complexity index is 599. The maximum absolute atomic E-state index is 13.8. The van der Waals surface area contributed by atoms with Crippen molar-refractivity contribution in [3.8, 4) is 16.9 Å².